The summed E-state index contributed by atoms with van der Waals surface area (Å²) in [5.74, 6) is -1.51. The number of hydrogen-bond donors (Lipinski definition) is 3. The van der Waals surface area contributed by atoms with Crippen molar-refractivity contribution in [2.24, 2.45) is 7.05 Å². The van der Waals surface area contributed by atoms with Gasteiger partial charge in [-0.2, -0.15) is 8.42 Å². The van der Waals surface area contributed by atoms with Crippen LogP contribution in [-0.2, 0) is 17.2 Å². The highest BCUT2D eigenvalue weighted by Crippen LogP contribution is 2.23. The van der Waals surface area contributed by atoms with Crippen LogP contribution >= 0.6 is 0 Å². The van der Waals surface area contributed by atoms with E-state index in [-0.39, 0.29) is 12.1 Å². The maximum absolute atomic E-state index is 12.1. The second kappa shape index (κ2) is 9.11. The number of carboxylic acids is 1. The summed E-state index contributed by atoms with van der Waals surface area (Å²) in [6.45, 7) is -0.219. The molecule has 0 aliphatic heterocycles. The topological polar surface area (TPSA) is 165 Å². The Morgan fingerprint density at radius 1 is 1.16 bits per heavy atom. The third-order valence-corrected chi connectivity index (χ3v) is 5.12. The second-order valence-corrected chi connectivity index (χ2v) is 8.19. The SMILES string of the molecule is COc1cc(C(=O)O)ccc1-n1nc(-c2ccc(C(=O)NCCS(=O)(=O)O)cc2)n[n+]1C. The number of rotatable bonds is 8. The zero-order valence-electron chi connectivity index (χ0n) is 17.1. The number of benzene rings is 2. The Bertz CT molecular complexity index is 1270. The maximum Gasteiger partial charge on any atom is 0.339 e. The lowest BCUT2D eigenvalue weighted by Gasteiger charge is -2.05. The van der Waals surface area contributed by atoms with Gasteiger partial charge in [0.05, 0.1) is 29.1 Å². The first-order valence-corrected chi connectivity index (χ1v) is 10.8. The summed E-state index contributed by atoms with van der Waals surface area (Å²) in [5.41, 5.74) is 1.45. The molecular weight excluding hydrogens is 442 g/mol. The number of aryl methyl sites for hydroxylation is 1. The van der Waals surface area contributed by atoms with Crippen LogP contribution in [0.2, 0.25) is 0 Å². The van der Waals surface area contributed by atoms with Crippen molar-refractivity contribution in [3.05, 3.63) is 53.6 Å². The second-order valence-electron chi connectivity index (χ2n) is 6.61. The van der Waals surface area contributed by atoms with E-state index in [0.717, 1.165) is 0 Å². The number of carbonyl (C=O) groups excluding carboxylic acids is 1. The predicted molar refractivity (Wildman–Crippen MR) is 110 cm³/mol. The van der Waals surface area contributed by atoms with Crippen LogP contribution in [0.25, 0.3) is 17.1 Å². The summed E-state index contributed by atoms with van der Waals surface area (Å²) in [5, 5.41) is 20.3. The molecule has 0 aliphatic rings. The minimum absolute atomic E-state index is 0.0686. The van der Waals surface area contributed by atoms with Gasteiger partial charge in [-0.05, 0) is 47.6 Å². The van der Waals surface area contributed by atoms with Gasteiger partial charge in [-0.3, -0.25) is 9.35 Å². The number of tetrazole rings is 1. The molecule has 1 heterocycles. The zero-order chi connectivity index (χ0) is 23.5. The predicted octanol–water partition coefficient (Wildman–Crippen LogP) is 0.0832. The summed E-state index contributed by atoms with van der Waals surface area (Å²) in [7, 11) is -1.09. The molecule has 168 valence electrons. The summed E-state index contributed by atoms with van der Waals surface area (Å²) >= 11 is 0. The highest BCUT2D eigenvalue weighted by Gasteiger charge is 2.23. The Labute approximate surface area is 182 Å². The minimum Gasteiger partial charge on any atom is -0.494 e. The third kappa shape index (κ3) is 5.25. The molecule has 0 saturated heterocycles. The van der Waals surface area contributed by atoms with Gasteiger partial charge >= 0.3 is 11.8 Å². The zero-order valence-corrected chi connectivity index (χ0v) is 17.9. The van der Waals surface area contributed by atoms with E-state index in [2.05, 4.69) is 15.5 Å². The van der Waals surface area contributed by atoms with Crippen molar-refractivity contribution in [2.75, 3.05) is 19.4 Å². The first-order chi connectivity index (χ1) is 15.1. The summed E-state index contributed by atoms with van der Waals surface area (Å²) < 4.78 is 35.4. The van der Waals surface area contributed by atoms with E-state index in [0.29, 0.717) is 28.4 Å². The Morgan fingerprint density at radius 2 is 1.81 bits per heavy atom. The Hall–Kier alpha value is -3.84. The van der Waals surface area contributed by atoms with Gasteiger partial charge in [-0.15, -0.1) is 0 Å². The molecule has 0 spiro atoms. The van der Waals surface area contributed by atoms with Gasteiger partial charge in [0, 0.05) is 16.9 Å². The number of methoxy groups -OCH3 is 1. The molecule has 12 nitrogen and oxygen atoms in total. The van der Waals surface area contributed by atoms with Crippen LogP contribution in [0.1, 0.15) is 20.7 Å². The van der Waals surface area contributed by atoms with Crippen molar-refractivity contribution in [3.63, 3.8) is 0 Å². The van der Waals surface area contributed by atoms with E-state index in [4.69, 9.17) is 14.4 Å². The molecule has 0 aliphatic carbocycles. The maximum atomic E-state index is 12.1. The highest BCUT2D eigenvalue weighted by atomic mass is 32.2. The lowest BCUT2D eigenvalue weighted by molar-refractivity contribution is -0.800. The van der Waals surface area contributed by atoms with Crippen molar-refractivity contribution >= 4 is 22.0 Å². The largest absolute Gasteiger partial charge is 0.494 e. The number of nitrogens with one attached hydrogen (secondary N) is 1. The van der Waals surface area contributed by atoms with E-state index in [1.54, 1.807) is 25.2 Å². The number of aromatic nitrogens is 4. The first-order valence-electron chi connectivity index (χ1n) is 9.18. The standard InChI is InChI=1S/C19H19N5O7S/c1-23-21-17(22-24(23)15-8-7-14(19(26)27)11-16(15)31-2)12-3-5-13(6-4-12)18(25)20-9-10-32(28,29)30/h3-8,11H,9-10H2,1-2H3,(H2-,20,25,26,27,28,29,30)/p+1. The van der Waals surface area contributed by atoms with E-state index < -0.39 is 27.7 Å². The fraction of sp³-hybridized carbons (Fsp3) is 0.211. The van der Waals surface area contributed by atoms with Crippen molar-refractivity contribution in [1.29, 1.82) is 0 Å². The average molecular weight is 462 g/mol. The van der Waals surface area contributed by atoms with Gasteiger partial charge < -0.3 is 15.2 Å². The Kier molecular flexibility index (Phi) is 6.50. The quantitative estimate of drug-likeness (QED) is 0.311. The van der Waals surface area contributed by atoms with Gasteiger partial charge in [-0.25, -0.2) is 4.79 Å². The first kappa shape index (κ1) is 22.8. The van der Waals surface area contributed by atoms with Crippen LogP contribution < -0.4 is 14.9 Å². The number of hydrogen-bond acceptors (Lipinski definition) is 7. The van der Waals surface area contributed by atoms with E-state index in [9.17, 15) is 18.0 Å². The lowest BCUT2D eigenvalue weighted by Crippen LogP contribution is -2.41. The summed E-state index contributed by atoms with van der Waals surface area (Å²) in [4.78, 5) is 26.2. The molecule has 0 saturated carbocycles. The van der Waals surface area contributed by atoms with Gasteiger partial charge in [0.2, 0.25) is 0 Å². The molecule has 1 amide bonds. The molecule has 13 heteroatoms. The van der Waals surface area contributed by atoms with Gasteiger partial charge in [-0.1, -0.05) is 4.80 Å². The fourth-order valence-corrected chi connectivity index (χ4v) is 3.18. The molecule has 0 atom stereocenters. The molecule has 0 fully saturated rings. The number of ether oxygens (including phenoxy) is 1. The van der Waals surface area contributed by atoms with Crippen LogP contribution in [0.15, 0.2) is 42.5 Å². The van der Waals surface area contributed by atoms with Crippen molar-refractivity contribution < 1.29 is 37.2 Å². The van der Waals surface area contributed by atoms with Crippen molar-refractivity contribution in [2.45, 2.75) is 0 Å². The smallest absolute Gasteiger partial charge is 0.339 e. The molecule has 0 bridgehead atoms. The van der Waals surface area contributed by atoms with Crippen molar-refractivity contribution in [1.82, 2.24) is 20.3 Å². The van der Waals surface area contributed by atoms with E-state index in [1.807, 2.05) is 0 Å². The summed E-state index contributed by atoms with van der Waals surface area (Å²) in [6.07, 6.45) is 0. The van der Waals surface area contributed by atoms with Crippen LogP contribution in [-0.4, -0.2) is 64.4 Å². The molecule has 2 aromatic carbocycles. The Morgan fingerprint density at radius 3 is 2.41 bits per heavy atom. The van der Waals surface area contributed by atoms with Crippen molar-refractivity contribution in [3.8, 4) is 22.8 Å². The highest BCUT2D eigenvalue weighted by molar-refractivity contribution is 7.85. The van der Waals surface area contributed by atoms with Crippen LogP contribution in [0.3, 0.4) is 0 Å². The van der Waals surface area contributed by atoms with Gasteiger partial charge in [0.1, 0.15) is 7.05 Å². The molecule has 3 rings (SSSR count). The molecule has 32 heavy (non-hydrogen) atoms. The minimum atomic E-state index is -4.16. The van der Waals surface area contributed by atoms with Gasteiger partial charge in [0.15, 0.2) is 11.4 Å². The number of aromatic carboxylic acids is 1. The van der Waals surface area contributed by atoms with Gasteiger partial charge in [0.25, 0.3) is 16.0 Å². The number of amides is 1. The lowest BCUT2D eigenvalue weighted by atomic mass is 10.1. The van der Waals surface area contributed by atoms with Crippen LogP contribution in [0, 0.1) is 0 Å². The molecule has 3 N–H and O–H groups in total. The summed E-state index contributed by atoms with van der Waals surface area (Å²) in [6, 6.07) is 10.7. The number of carboxylic acid groups (broad SMARTS) is 1. The van der Waals surface area contributed by atoms with E-state index in [1.165, 1.54) is 41.0 Å². The number of nitrogens with zero attached hydrogens (tertiary/aromatic N) is 4. The molecule has 1 aromatic heterocycles. The van der Waals surface area contributed by atoms with Crippen LogP contribution in [0.5, 0.6) is 5.75 Å². The molecular formula is C19H20N5O7S+. The monoisotopic (exact) mass is 462 g/mol. The fourth-order valence-electron chi connectivity index (χ4n) is 2.82. The molecule has 0 unspecified atom stereocenters. The Balaban J connectivity index is 1.82. The average Bonchev–Trinajstić information content (AvgIpc) is 3.13. The number of carbonyl (C=O) groups is 2. The molecule has 3 aromatic rings. The normalized spacial score (nSPS) is 11.2. The molecule has 0 radical (unpaired) electrons. The van der Waals surface area contributed by atoms with Crippen LogP contribution in [0.4, 0.5) is 0 Å². The third-order valence-electron chi connectivity index (χ3n) is 4.40. The van der Waals surface area contributed by atoms with E-state index >= 15 is 0 Å².